The Hall–Kier alpha value is -1.31. The van der Waals surface area contributed by atoms with Gasteiger partial charge < -0.3 is 4.57 Å². The largest absolute Gasteiger partial charge is 0.334 e. The highest BCUT2D eigenvalue weighted by atomic mass is 15.0. The molecule has 0 saturated carbocycles. The summed E-state index contributed by atoms with van der Waals surface area (Å²) >= 11 is 0. The lowest BCUT2D eigenvalue weighted by Crippen LogP contribution is -2.09. The molecule has 0 fully saturated rings. The topological polar surface area (TPSA) is 17.8 Å². The van der Waals surface area contributed by atoms with Gasteiger partial charge in [0, 0.05) is 7.05 Å². The zero-order valence-corrected chi connectivity index (χ0v) is 9.91. The van der Waals surface area contributed by atoms with E-state index in [2.05, 4.69) is 48.5 Å². The molecule has 0 spiro atoms. The minimum atomic E-state index is 0.311. The molecule has 15 heavy (non-hydrogen) atoms. The zero-order valence-electron chi connectivity index (χ0n) is 9.91. The van der Waals surface area contributed by atoms with Crippen LogP contribution in [0.1, 0.15) is 26.3 Å². The van der Waals surface area contributed by atoms with Crippen molar-refractivity contribution < 1.29 is 0 Å². The summed E-state index contributed by atoms with van der Waals surface area (Å²) in [7, 11) is 2.04. The lowest BCUT2D eigenvalue weighted by Gasteiger charge is -2.18. The van der Waals surface area contributed by atoms with Crippen LogP contribution >= 0.6 is 0 Å². The van der Waals surface area contributed by atoms with Gasteiger partial charge >= 0.3 is 0 Å². The molecule has 2 heteroatoms. The van der Waals surface area contributed by atoms with E-state index in [1.165, 1.54) is 11.1 Å². The summed E-state index contributed by atoms with van der Waals surface area (Å²) in [5, 5.41) is 0. The summed E-state index contributed by atoms with van der Waals surface area (Å²) in [6.07, 6.45) is 2.96. The highest BCUT2D eigenvalue weighted by molar-refractivity contribution is 5.78. The van der Waals surface area contributed by atoms with E-state index in [9.17, 15) is 0 Å². The van der Waals surface area contributed by atoms with Crippen LogP contribution in [0.5, 0.6) is 0 Å². The molecule has 0 N–H and O–H groups in total. The fourth-order valence-electron chi connectivity index (χ4n) is 1.93. The SMILES string of the molecule is Cn1cnc2c(CC(C)(C)C)cccc21. The van der Waals surface area contributed by atoms with Crippen molar-refractivity contribution in [3.8, 4) is 0 Å². The molecule has 0 unspecified atom stereocenters. The van der Waals surface area contributed by atoms with Gasteiger partial charge in [0.05, 0.1) is 17.4 Å². The summed E-state index contributed by atoms with van der Waals surface area (Å²) < 4.78 is 2.07. The van der Waals surface area contributed by atoms with Crippen LogP contribution in [-0.2, 0) is 13.5 Å². The molecule has 0 aliphatic carbocycles. The van der Waals surface area contributed by atoms with Gasteiger partial charge in [0.2, 0.25) is 0 Å². The Bertz CT molecular complexity index is 475. The number of fused-ring (bicyclic) bond motifs is 1. The lowest BCUT2D eigenvalue weighted by molar-refractivity contribution is 0.412. The minimum absolute atomic E-state index is 0.311. The number of aryl methyl sites for hydroxylation is 1. The number of para-hydroxylation sites is 1. The van der Waals surface area contributed by atoms with Gasteiger partial charge in [-0.25, -0.2) is 4.98 Å². The molecular weight excluding hydrogens is 184 g/mol. The second-order valence-electron chi connectivity index (χ2n) is 5.38. The Morgan fingerprint density at radius 2 is 2.00 bits per heavy atom. The number of benzene rings is 1. The van der Waals surface area contributed by atoms with E-state index in [4.69, 9.17) is 0 Å². The Morgan fingerprint density at radius 1 is 1.27 bits per heavy atom. The van der Waals surface area contributed by atoms with Gasteiger partial charge in [0.15, 0.2) is 0 Å². The zero-order chi connectivity index (χ0) is 11.1. The number of nitrogens with zero attached hydrogens (tertiary/aromatic N) is 2. The van der Waals surface area contributed by atoms with Gasteiger partial charge in [0.1, 0.15) is 0 Å². The van der Waals surface area contributed by atoms with Crippen molar-refractivity contribution in [2.75, 3.05) is 0 Å². The molecule has 0 saturated heterocycles. The standard InChI is InChI=1S/C13H18N2/c1-13(2,3)8-10-6-5-7-11-12(10)14-9-15(11)4/h5-7,9H,8H2,1-4H3. The molecule has 2 rings (SSSR count). The number of hydrogen-bond acceptors (Lipinski definition) is 1. The van der Waals surface area contributed by atoms with Gasteiger partial charge in [-0.3, -0.25) is 0 Å². The van der Waals surface area contributed by atoms with Crippen LogP contribution in [0, 0.1) is 5.41 Å². The van der Waals surface area contributed by atoms with Gasteiger partial charge in [-0.1, -0.05) is 32.9 Å². The van der Waals surface area contributed by atoms with E-state index in [-0.39, 0.29) is 0 Å². The predicted molar refractivity (Wildman–Crippen MR) is 63.9 cm³/mol. The van der Waals surface area contributed by atoms with Crippen LogP contribution in [0.2, 0.25) is 0 Å². The Kier molecular flexibility index (Phi) is 2.29. The quantitative estimate of drug-likeness (QED) is 0.694. The Morgan fingerprint density at radius 3 is 2.67 bits per heavy atom. The van der Waals surface area contributed by atoms with E-state index in [0.29, 0.717) is 5.41 Å². The first kappa shape index (κ1) is 10.2. The van der Waals surface area contributed by atoms with Crippen LogP contribution in [0.25, 0.3) is 11.0 Å². The summed E-state index contributed by atoms with van der Waals surface area (Å²) in [5.41, 5.74) is 4.03. The molecular formula is C13H18N2. The fraction of sp³-hybridized carbons (Fsp3) is 0.462. The molecule has 1 heterocycles. The smallest absolute Gasteiger partial charge is 0.0955 e. The summed E-state index contributed by atoms with van der Waals surface area (Å²) in [5.74, 6) is 0. The molecule has 0 aliphatic heterocycles. The molecule has 0 amide bonds. The van der Waals surface area contributed by atoms with Gasteiger partial charge in [0.25, 0.3) is 0 Å². The van der Waals surface area contributed by atoms with Crippen molar-refractivity contribution in [2.45, 2.75) is 27.2 Å². The second kappa shape index (κ2) is 3.37. The normalized spacial score (nSPS) is 12.3. The van der Waals surface area contributed by atoms with Crippen LogP contribution in [0.4, 0.5) is 0 Å². The third-order valence-corrected chi connectivity index (χ3v) is 2.56. The second-order valence-corrected chi connectivity index (χ2v) is 5.38. The molecule has 80 valence electrons. The van der Waals surface area contributed by atoms with Gasteiger partial charge in [-0.2, -0.15) is 0 Å². The summed E-state index contributed by atoms with van der Waals surface area (Å²) in [4.78, 5) is 4.47. The highest BCUT2D eigenvalue weighted by Crippen LogP contribution is 2.25. The van der Waals surface area contributed by atoms with Crippen LogP contribution in [0.3, 0.4) is 0 Å². The van der Waals surface area contributed by atoms with Crippen LogP contribution in [-0.4, -0.2) is 9.55 Å². The monoisotopic (exact) mass is 202 g/mol. The fourth-order valence-corrected chi connectivity index (χ4v) is 1.93. The average Bonchev–Trinajstić information content (AvgIpc) is 2.47. The average molecular weight is 202 g/mol. The van der Waals surface area contributed by atoms with Crippen molar-refractivity contribution in [2.24, 2.45) is 12.5 Å². The summed E-state index contributed by atoms with van der Waals surface area (Å²) in [6, 6.07) is 6.42. The molecule has 0 atom stereocenters. The minimum Gasteiger partial charge on any atom is -0.334 e. The molecule has 0 radical (unpaired) electrons. The molecule has 0 bridgehead atoms. The third-order valence-electron chi connectivity index (χ3n) is 2.56. The summed E-state index contributed by atoms with van der Waals surface area (Å²) in [6.45, 7) is 6.78. The van der Waals surface area contributed by atoms with E-state index < -0.39 is 0 Å². The lowest BCUT2D eigenvalue weighted by atomic mass is 9.88. The first-order chi connectivity index (χ1) is 6.97. The number of hydrogen-bond donors (Lipinski definition) is 0. The molecule has 2 nitrogen and oxygen atoms in total. The van der Waals surface area contributed by atoms with Crippen molar-refractivity contribution in [3.05, 3.63) is 30.1 Å². The van der Waals surface area contributed by atoms with Gasteiger partial charge in [-0.15, -0.1) is 0 Å². The maximum Gasteiger partial charge on any atom is 0.0955 e. The maximum atomic E-state index is 4.47. The van der Waals surface area contributed by atoms with Crippen molar-refractivity contribution in [3.63, 3.8) is 0 Å². The predicted octanol–water partition coefficient (Wildman–Crippen LogP) is 3.16. The number of rotatable bonds is 1. The first-order valence-corrected chi connectivity index (χ1v) is 5.36. The van der Waals surface area contributed by atoms with Crippen molar-refractivity contribution in [1.29, 1.82) is 0 Å². The van der Waals surface area contributed by atoms with E-state index in [1.807, 2.05) is 13.4 Å². The molecule has 0 aliphatic rings. The molecule has 1 aromatic carbocycles. The van der Waals surface area contributed by atoms with E-state index in [0.717, 1.165) is 11.9 Å². The van der Waals surface area contributed by atoms with Gasteiger partial charge in [-0.05, 0) is 23.5 Å². The number of imidazole rings is 1. The van der Waals surface area contributed by atoms with Crippen molar-refractivity contribution in [1.82, 2.24) is 9.55 Å². The van der Waals surface area contributed by atoms with E-state index >= 15 is 0 Å². The van der Waals surface area contributed by atoms with Crippen LogP contribution in [0.15, 0.2) is 24.5 Å². The maximum absolute atomic E-state index is 4.47. The third kappa shape index (κ3) is 2.04. The Labute approximate surface area is 90.9 Å². The highest BCUT2D eigenvalue weighted by Gasteiger charge is 2.14. The molecule has 2 aromatic rings. The molecule has 1 aromatic heterocycles. The Balaban J connectivity index is 2.52. The first-order valence-electron chi connectivity index (χ1n) is 5.36. The van der Waals surface area contributed by atoms with Crippen molar-refractivity contribution >= 4 is 11.0 Å². The van der Waals surface area contributed by atoms with Crippen LogP contribution < -0.4 is 0 Å². The van der Waals surface area contributed by atoms with E-state index in [1.54, 1.807) is 0 Å². The number of aromatic nitrogens is 2.